The summed E-state index contributed by atoms with van der Waals surface area (Å²) in [5.74, 6) is 1.46. The highest BCUT2D eigenvalue weighted by Crippen LogP contribution is 2.73. The zero-order chi connectivity index (χ0) is 12.6. The van der Waals surface area contributed by atoms with Gasteiger partial charge in [-0.3, -0.25) is 4.79 Å². The van der Waals surface area contributed by atoms with Crippen LogP contribution in [0.3, 0.4) is 0 Å². The van der Waals surface area contributed by atoms with E-state index < -0.39 is 6.10 Å². The smallest absolute Gasteiger partial charge is 0.159 e. The topological polar surface area (TPSA) is 37.3 Å². The zero-order valence-electron chi connectivity index (χ0n) is 11.2. The predicted molar refractivity (Wildman–Crippen MR) is 66.4 cm³/mol. The van der Waals surface area contributed by atoms with Gasteiger partial charge >= 0.3 is 0 Å². The summed E-state index contributed by atoms with van der Waals surface area (Å²) >= 11 is 0. The normalized spacial score (nSPS) is 51.4. The number of allylic oxidation sites excluding steroid dienone is 1. The quantitative estimate of drug-likeness (QED) is 0.699. The van der Waals surface area contributed by atoms with Crippen LogP contribution in [0.4, 0.5) is 0 Å². The van der Waals surface area contributed by atoms with Crippen molar-refractivity contribution in [2.24, 2.45) is 28.6 Å². The fourth-order valence-electron chi connectivity index (χ4n) is 4.78. The molecule has 2 heteroatoms. The summed E-state index contributed by atoms with van der Waals surface area (Å²) in [6, 6.07) is 0. The van der Waals surface area contributed by atoms with Gasteiger partial charge in [0.25, 0.3) is 0 Å². The van der Waals surface area contributed by atoms with Crippen LogP contribution in [0.2, 0.25) is 0 Å². The fraction of sp³-hybridized carbons (Fsp3) is 0.800. The molecule has 0 aromatic heterocycles. The first-order chi connectivity index (χ1) is 7.81. The molecule has 3 aliphatic rings. The number of hydrogen-bond acceptors (Lipinski definition) is 2. The largest absolute Gasteiger partial charge is 0.389 e. The summed E-state index contributed by atoms with van der Waals surface area (Å²) in [5.41, 5.74) is 1.18. The maximum Gasteiger partial charge on any atom is 0.159 e. The van der Waals surface area contributed by atoms with Crippen molar-refractivity contribution in [3.63, 3.8) is 0 Å². The number of ketones is 1. The van der Waals surface area contributed by atoms with Crippen LogP contribution in [0.5, 0.6) is 0 Å². The molecule has 3 aliphatic carbocycles. The lowest BCUT2D eigenvalue weighted by Gasteiger charge is -2.47. The second-order valence-corrected chi connectivity index (χ2v) is 7.06. The van der Waals surface area contributed by atoms with Crippen molar-refractivity contribution >= 4 is 5.78 Å². The van der Waals surface area contributed by atoms with Gasteiger partial charge in [-0.15, -0.1) is 0 Å². The molecule has 0 saturated heterocycles. The molecular formula is C15H22O2. The van der Waals surface area contributed by atoms with E-state index in [1.165, 1.54) is 0 Å². The van der Waals surface area contributed by atoms with Gasteiger partial charge < -0.3 is 5.11 Å². The fourth-order valence-corrected chi connectivity index (χ4v) is 4.78. The summed E-state index contributed by atoms with van der Waals surface area (Å²) in [5, 5.41) is 10.2. The highest BCUT2D eigenvalue weighted by molar-refractivity contribution is 5.97. The molecule has 2 nitrogen and oxygen atoms in total. The van der Waals surface area contributed by atoms with E-state index >= 15 is 0 Å². The Morgan fingerprint density at radius 1 is 1.29 bits per heavy atom. The highest BCUT2D eigenvalue weighted by Gasteiger charge is 2.71. The molecule has 2 unspecified atom stereocenters. The molecule has 3 rings (SSSR count). The number of aliphatic hydroxyl groups excluding tert-OH is 1. The van der Waals surface area contributed by atoms with Gasteiger partial charge in [0.1, 0.15) is 0 Å². The minimum atomic E-state index is -0.391. The molecule has 94 valence electrons. The Kier molecular flexibility index (Phi) is 2.04. The predicted octanol–water partition coefficient (Wildman–Crippen LogP) is 2.56. The molecule has 0 aromatic rings. The third kappa shape index (κ3) is 1.17. The molecule has 2 saturated carbocycles. The Morgan fingerprint density at radius 2 is 1.94 bits per heavy atom. The second kappa shape index (κ2) is 3.03. The molecule has 2 fully saturated rings. The van der Waals surface area contributed by atoms with Crippen molar-refractivity contribution in [2.75, 3.05) is 0 Å². The number of fused-ring (bicyclic) bond motifs is 3. The summed E-state index contributed by atoms with van der Waals surface area (Å²) < 4.78 is 0. The number of carbonyl (C=O) groups excluding carboxylic acids is 1. The van der Waals surface area contributed by atoms with Crippen molar-refractivity contribution in [3.8, 4) is 0 Å². The SMILES string of the molecule is C[C@H]1CC[C@H](O)C2=CC(=O)C3C(C3(C)C)[C@@]21C. The standard InChI is InChI=1S/C15H22O2/c1-8-5-6-10(16)9-7-11(17)12-13(14(12,2)3)15(8,9)4/h7-8,10,12-13,16H,5-6H2,1-4H3/t8-,10-,12?,13?,15+/m0/s1. The van der Waals surface area contributed by atoms with E-state index in [4.69, 9.17) is 0 Å². The number of hydrogen-bond donors (Lipinski definition) is 1. The highest BCUT2D eigenvalue weighted by atomic mass is 16.3. The number of carbonyl (C=O) groups is 1. The Hall–Kier alpha value is -0.630. The number of rotatable bonds is 0. The van der Waals surface area contributed by atoms with Gasteiger partial charge in [-0.05, 0) is 47.2 Å². The molecule has 0 aliphatic heterocycles. The molecule has 5 atom stereocenters. The molecule has 0 bridgehead atoms. The van der Waals surface area contributed by atoms with Crippen molar-refractivity contribution in [2.45, 2.75) is 46.6 Å². The minimum Gasteiger partial charge on any atom is -0.389 e. The van der Waals surface area contributed by atoms with E-state index in [1.807, 2.05) is 0 Å². The summed E-state index contributed by atoms with van der Waals surface area (Å²) in [7, 11) is 0. The van der Waals surface area contributed by atoms with E-state index in [1.54, 1.807) is 6.08 Å². The number of aliphatic hydroxyl groups is 1. The van der Waals surface area contributed by atoms with Crippen LogP contribution in [0.1, 0.15) is 40.5 Å². The van der Waals surface area contributed by atoms with Crippen LogP contribution in [0.25, 0.3) is 0 Å². The van der Waals surface area contributed by atoms with E-state index in [-0.39, 0.29) is 22.5 Å². The average molecular weight is 234 g/mol. The van der Waals surface area contributed by atoms with Crippen molar-refractivity contribution < 1.29 is 9.90 Å². The lowest BCUT2D eigenvalue weighted by atomic mass is 9.58. The Labute approximate surface area is 103 Å². The Bertz CT molecular complexity index is 421. The second-order valence-electron chi connectivity index (χ2n) is 7.06. The van der Waals surface area contributed by atoms with E-state index in [0.717, 1.165) is 18.4 Å². The molecule has 0 spiro atoms. The molecule has 0 amide bonds. The summed E-state index contributed by atoms with van der Waals surface area (Å²) in [6.07, 6.45) is 3.27. The summed E-state index contributed by atoms with van der Waals surface area (Å²) in [6.45, 7) is 8.96. The maximum atomic E-state index is 12.1. The van der Waals surface area contributed by atoms with Crippen molar-refractivity contribution in [3.05, 3.63) is 11.6 Å². The first kappa shape index (κ1) is 11.5. The van der Waals surface area contributed by atoms with Crippen LogP contribution in [0, 0.1) is 28.6 Å². The first-order valence-corrected chi connectivity index (χ1v) is 6.75. The van der Waals surface area contributed by atoms with Crippen molar-refractivity contribution in [1.29, 1.82) is 0 Å². The zero-order valence-corrected chi connectivity index (χ0v) is 11.2. The van der Waals surface area contributed by atoms with Crippen molar-refractivity contribution in [1.82, 2.24) is 0 Å². The van der Waals surface area contributed by atoms with Gasteiger partial charge in [-0.1, -0.05) is 27.7 Å². The van der Waals surface area contributed by atoms with Gasteiger partial charge in [0.15, 0.2) is 5.78 Å². The van der Waals surface area contributed by atoms with E-state index in [2.05, 4.69) is 27.7 Å². The molecule has 0 radical (unpaired) electrons. The van der Waals surface area contributed by atoms with Crippen LogP contribution in [0.15, 0.2) is 11.6 Å². The third-order valence-corrected chi connectivity index (χ3v) is 5.96. The monoisotopic (exact) mass is 234 g/mol. The van der Waals surface area contributed by atoms with Crippen LogP contribution in [-0.4, -0.2) is 17.0 Å². The van der Waals surface area contributed by atoms with Gasteiger partial charge in [0, 0.05) is 5.92 Å². The van der Waals surface area contributed by atoms with Gasteiger partial charge in [-0.25, -0.2) is 0 Å². The molecule has 0 heterocycles. The molecular weight excluding hydrogens is 212 g/mol. The van der Waals surface area contributed by atoms with Gasteiger partial charge in [0.2, 0.25) is 0 Å². The van der Waals surface area contributed by atoms with Crippen LogP contribution < -0.4 is 0 Å². The van der Waals surface area contributed by atoms with Crippen LogP contribution in [-0.2, 0) is 4.79 Å². The average Bonchev–Trinajstić information content (AvgIpc) is 2.83. The molecule has 17 heavy (non-hydrogen) atoms. The lowest BCUT2D eigenvalue weighted by molar-refractivity contribution is -0.118. The van der Waals surface area contributed by atoms with Gasteiger partial charge in [-0.2, -0.15) is 0 Å². The van der Waals surface area contributed by atoms with Gasteiger partial charge in [0.05, 0.1) is 6.10 Å². The molecule has 1 N–H and O–H groups in total. The third-order valence-electron chi connectivity index (χ3n) is 5.96. The van der Waals surface area contributed by atoms with Crippen LogP contribution >= 0.6 is 0 Å². The van der Waals surface area contributed by atoms with E-state index in [0.29, 0.717) is 11.8 Å². The Morgan fingerprint density at radius 3 is 2.59 bits per heavy atom. The maximum absolute atomic E-state index is 12.1. The van der Waals surface area contributed by atoms with E-state index in [9.17, 15) is 9.90 Å². The Balaban J connectivity index is 2.12. The first-order valence-electron chi connectivity index (χ1n) is 6.75. The molecule has 0 aromatic carbocycles. The minimum absolute atomic E-state index is 0.0414. The lowest BCUT2D eigenvalue weighted by Crippen LogP contribution is -2.43. The summed E-state index contributed by atoms with van der Waals surface area (Å²) in [4.78, 5) is 12.1.